The van der Waals surface area contributed by atoms with Gasteiger partial charge in [-0.25, -0.2) is 0 Å². The van der Waals surface area contributed by atoms with Crippen molar-refractivity contribution in [3.63, 3.8) is 0 Å². The number of aryl methyl sites for hydroxylation is 1. The topological polar surface area (TPSA) is 37.8 Å². The van der Waals surface area contributed by atoms with Crippen LogP contribution in [-0.4, -0.2) is 16.6 Å². The van der Waals surface area contributed by atoms with Crippen molar-refractivity contribution in [1.29, 1.82) is 0 Å². The molecule has 0 spiro atoms. The van der Waals surface area contributed by atoms with E-state index in [9.17, 15) is 0 Å². The molecule has 4 heteroatoms. The van der Waals surface area contributed by atoms with Gasteiger partial charge in [-0.2, -0.15) is 0 Å². The van der Waals surface area contributed by atoms with Crippen molar-refractivity contribution in [1.82, 2.24) is 14.9 Å². The Balaban J connectivity index is 2.67. The van der Waals surface area contributed by atoms with Gasteiger partial charge in [0.1, 0.15) is 0 Å². The van der Waals surface area contributed by atoms with Gasteiger partial charge < -0.3 is 5.32 Å². The molecular formula is C10H19N3S. The molecule has 0 saturated carbocycles. The number of rotatable bonds is 6. The summed E-state index contributed by atoms with van der Waals surface area (Å²) < 4.78 is 4.02. The summed E-state index contributed by atoms with van der Waals surface area (Å²) in [5.41, 5.74) is 1.16. The summed E-state index contributed by atoms with van der Waals surface area (Å²) in [5, 5.41) is 7.48. The second-order valence-corrected chi connectivity index (χ2v) is 4.21. The number of hydrogen-bond acceptors (Lipinski definition) is 4. The molecular weight excluding hydrogens is 194 g/mol. The van der Waals surface area contributed by atoms with Crippen molar-refractivity contribution in [2.75, 3.05) is 7.05 Å². The van der Waals surface area contributed by atoms with Gasteiger partial charge >= 0.3 is 0 Å². The lowest BCUT2D eigenvalue weighted by atomic mass is 10.1. The maximum Gasteiger partial charge on any atom is 0.0800 e. The van der Waals surface area contributed by atoms with Gasteiger partial charge in [0, 0.05) is 6.04 Å². The number of unbranched alkanes of at least 4 members (excludes halogenated alkanes) is 1. The minimum atomic E-state index is 0.449. The van der Waals surface area contributed by atoms with Crippen LogP contribution in [0.2, 0.25) is 0 Å². The van der Waals surface area contributed by atoms with Gasteiger partial charge in [-0.05, 0) is 31.4 Å². The zero-order valence-electron chi connectivity index (χ0n) is 9.21. The van der Waals surface area contributed by atoms with E-state index in [2.05, 4.69) is 28.8 Å². The highest BCUT2D eigenvalue weighted by molar-refractivity contribution is 7.05. The summed E-state index contributed by atoms with van der Waals surface area (Å²) in [6.07, 6.45) is 4.67. The van der Waals surface area contributed by atoms with E-state index in [0.717, 1.165) is 12.1 Å². The van der Waals surface area contributed by atoms with Crippen LogP contribution in [0.1, 0.15) is 49.7 Å². The first-order chi connectivity index (χ1) is 6.83. The van der Waals surface area contributed by atoms with Crippen molar-refractivity contribution < 1.29 is 0 Å². The van der Waals surface area contributed by atoms with Gasteiger partial charge in [-0.15, -0.1) is 5.10 Å². The Morgan fingerprint density at radius 1 is 1.43 bits per heavy atom. The zero-order valence-corrected chi connectivity index (χ0v) is 10.0. The highest BCUT2D eigenvalue weighted by atomic mass is 32.1. The Morgan fingerprint density at radius 3 is 2.79 bits per heavy atom. The summed E-state index contributed by atoms with van der Waals surface area (Å²) in [4.78, 5) is 1.32. The molecule has 0 amide bonds. The summed E-state index contributed by atoms with van der Waals surface area (Å²) >= 11 is 1.53. The third-order valence-electron chi connectivity index (χ3n) is 2.43. The quantitative estimate of drug-likeness (QED) is 0.789. The Morgan fingerprint density at radius 2 is 2.21 bits per heavy atom. The first kappa shape index (κ1) is 11.6. The molecule has 0 fully saturated rings. The molecule has 0 bridgehead atoms. The van der Waals surface area contributed by atoms with Crippen LogP contribution < -0.4 is 5.32 Å². The Labute approximate surface area is 90.1 Å². The lowest BCUT2D eigenvalue weighted by Gasteiger charge is -2.14. The second-order valence-electron chi connectivity index (χ2n) is 3.42. The summed E-state index contributed by atoms with van der Waals surface area (Å²) in [6, 6.07) is 0.449. The average Bonchev–Trinajstić information content (AvgIpc) is 2.67. The van der Waals surface area contributed by atoms with Crippen molar-refractivity contribution in [3.05, 3.63) is 10.6 Å². The van der Waals surface area contributed by atoms with E-state index in [0.29, 0.717) is 6.04 Å². The summed E-state index contributed by atoms with van der Waals surface area (Å²) in [7, 11) is 2.01. The van der Waals surface area contributed by atoms with Gasteiger partial charge in [0.2, 0.25) is 0 Å². The van der Waals surface area contributed by atoms with E-state index in [1.165, 1.54) is 35.7 Å². The molecule has 1 aromatic rings. The van der Waals surface area contributed by atoms with Crippen LogP contribution in [-0.2, 0) is 6.42 Å². The number of nitrogens with zero attached hydrogens (tertiary/aromatic N) is 2. The molecule has 0 aromatic carbocycles. The largest absolute Gasteiger partial charge is 0.312 e. The highest BCUT2D eigenvalue weighted by Crippen LogP contribution is 2.24. The van der Waals surface area contributed by atoms with Crippen LogP contribution >= 0.6 is 11.5 Å². The van der Waals surface area contributed by atoms with Crippen molar-refractivity contribution in [3.8, 4) is 0 Å². The standard InChI is InChI=1S/C10H19N3S/c1-4-6-7-9(11-3)10-8(5-2)12-13-14-10/h9,11H,4-7H2,1-3H3. The Bertz CT molecular complexity index is 260. The molecule has 1 atom stereocenters. The smallest absolute Gasteiger partial charge is 0.0800 e. The minimum Gasteiger partial charge on any atom is -0.312 e. The molecule has 3 nitrogen and oxygen atoms in total. The lowest BCUT2D eigenvalue weighted by Crippen LogP contribution is -2.16. The lowest BCUT2D eigenvalue weighted by molar-refractivity contribution is 0.526. The average molecular weight is 213 g/mol. The van der Waals surface area contributed by atoms with Crippen molar-refractivity contribution >= 4 is 11.5 Å². The van der Waals surface area contributed by atoms with Crippen LogP contribution in [0.4, 0.5) is 0 Å². The van der Waals surface area contributed by atoms with E-state index >= 15 is 0 Å². The Hall–Kier alpha value is -0.480. The van der Waals surface area contributed by atoms with Gasteiger partial charge in [-0.3, -0.25) is 0 Å². The summed E-state index contributed by atoms with van der Waals surface area (Å²) in [6.45, 7) is 4.35. The molecule has 14 heavy (non-hydrogen) atoms. The third-order valence-corrected chi connectivity index (χ3v) is 3.31. The first-order valence-electron chi connectivity index (χ1n) is 5.31. The van der Waals surface area contributed by atoms with Crippen LogP contribution in [0.3, 0.4) is 0 Å². The second kappa shape index (κ2) is 6.09. The van der Waals surface area contributed by atoms with Crippen molar-refractivity contribution in [2.24, 2.45) is 0 Å². The predicted molar refractivity (Wildman–Crippen MR) is 60.6 cm³/mol. The zero-order chi connectivity index (χ0) is 10.4. The van der Waals surface area contributed by atoms with E-state index < -0.39 is 0 Å². The van der Waals surface area contributed by atoms with Crippen LogP contribution in [0.25, 0.3) is 0 Å². The molecule has 0 radical (unpaired) electrons. The van der Waals surface area contributed by atoms with Gasteiger partial charge in [-0.1, -0.05) is 31.2 Å². The number of nitrogens with one attached hydrogen (secondary N) is 1. The highest BCUT2D eigenvalue weighted by Gasteiger charge is 2.15. The third kappa shape index (κ3) is 2.75. The van der Waals surface area contributed by atoms with Gasteiger partial charge in [0.05, 0.1) is 10.6 Å². The summed E-state index contributed by atoms with van der Waals surface area (Å²) in [5.74, 6) is 0. The molecule has 0 aliphatic carbocycles. The maximum atomic E-state index is 4.14. The fourth-order valence-corrected chi connectivity index (χ4v) is 2.42. The van der Waals surface area contributed by atoms with E-state index in [1.807, 2.05) is 7.05 Å². The van der Waals surface area contributed by atoms with E-state index in [1.54, 1.807) is 0 Å². The Kier molecular flexibility index (Phi) is 5.04. The van der Waals surface area contributed by atoms with E-state index in [-0.39, 0.29) is 0 Å². The normalized spacial score (nSPS) is 13.1. The molecule has 0 saturated heterocycles. The van der Waals surface area contributed by atoms with Gasteiger partial charge in [0.15, 0.2) is 0 Å². The molecule has 1 rings (SSSR count). The molecule has 0 aliphatic heterocycles. The van der Waals surface area contributed by atoms with Crippen LogP contribution in [0, 0.1) is 0 Å². The van der Waals surface area contributed by atoms with Crippen LogP contribution in [0.15, 0.2) is 0 Å². The molecule has 1 unspecified atom stereocenters. The minimum absolute atomic E-state index is 0.449. The fourth-order valence-electron chi connectivity index (χ4n) is 1.54. The predicted octanol–water partition coefficient (Wildman–Crippen LogP) is 2.55. The number of aromatic nitrogens is 2. The van der Waals surface area contributed by atoms with Crippen molar-refractivity contribution in [2.45, 2.75) is 45.6 Å². The number of hydrogen-bond donors (Lipinski definition) is 1. The molecule has 1 aromatic heterocycles. The van der Waals surface area contributed by atoms with Crippen LogP contribution in [0.5, 0.6) is 0 Å². The monoisotopic (exact) mass is 213 g/mol. The van der Waals surface area contributed by atoms with E-state index in [4.69, 9.17) is 0 Å². The first-order valence-corrected chi connectivity index (χ1v) is 6.09. The SMILES string of the molecule is CCCCC(NC)c1snnc1CC. The molecule has 1 heterocycles. The maximum absolute atomic E-state index is 4.14. The molecule has 1 N–H and O–H groups in total. The molecule has 0 aliphatic rings. The van der Waals surface area contributed by atoms with Gasteiger partial charge in [0.25, 0.3) is 0 Å². The fraction of sp³-hybridized carbons (Fsp3) is 0.800. The molecule has 80 valence electrons.